The Morgan fingerprint density at radius 1 is 1.30 bits per heavy atom. The summed E-state index contributed by atoms with van der Waals surface area (Å²) in [6.07, 6.45) is 2.11. The molecule has 1 aliphatic rings. The minimum Gasteiger partial charge on any atom is -0.356 e. The highest BCUT2D eigenvalue weighted by molar-refractivity contribution is 5.89. The smallest absolute Gasteiger partial charge is 0.225 e. The van der Waals surface area contributed by atoms with Crippen LogP contribution in [0.15, 0.2) is 24.3 Å². The number of nitrogens with two attached hydrogens (primary N) is 1. The fourth-order valence-electron chi connectivity index (χ4n) is 2.64. The zero-order valence-corrected chi connectivity index (χ0v) is 14.4. The first kappa shape index (κ1) is 19.5. The van der Waals surface area contributed by atoms with Crippen LogP contribution in [0.1, 0.15) is 30.4 Å². The van der Waals surface area contributed by atoms with Gasteiger partial charge >= 0.3 is 0 Å². The summed E-state index contributed by atoms with van der Waals surface area (Å²) >= 11 is 0. The third kappa shape index (κ3) is 5.84. The van der Waals surface area contributed by atoms with Crippen molar-refractivity contribution in [3.63, 3.8) is 0 Å². The van der Waals surface area contributed by atoms with E-state index in [0.717, 1.165) is 18.4 Å². The largest absolute Gasteiger partial charge is 0.356 e. The Labute approximate surface area is 144 Å². The van der Waals surface area contributed by atoms with Crippen LogP contribution >= 0.6 is 12.4 Å². The van der Waals surface area contributed by atoms with Crippen LogP contribution in [0.4, 0.5) is 0 Å². The fraction of sp³-hybridized carbons (Fsp3) is 0.529. The molecule has 0 aliphatic carbocycles. The van der Waals surface area contributed by atoms with E-state index in [2.05, 4.69) is 5.32 Å². The van der Waals surface area contributed by atoms with Crippen molar-refractivity contribution in [2.45, 2.75) is 32.7 Å². The number of unbranched alkanes of at least 4 members (excludes halogenated alkanes) is 1. The lowest BCUT2D eigenvalue weighted by atomic mass is 10.1. The van der Waals surface area contributed by atoms with Crippen molar-refractivity contribution < 1.29 is 9.59 Å². The summed E-state index contributed by atoms with van der Waals surface area (Å²) in [4.78, 5) is 25.9. The first-order valence-electron chi connectivity index (χ1n) is 7.91. The lowest BCUT2D eigenvalue weighted by molar-refractivity contribution is -0.129. The molecule has 1 unspecified atom stereocenters. The van der Waals surface area contributed by atoms with Crippen molar-refractivity contribution in [2.75, 3.05) is 19.6 Å². The Balaban J connectivity index is 0.00000264. The van der Waals surface area contributed by atoms with E-state index in [0.29, 0.717) is 32.6 Å². The second-order valence-electron chi connectivity index (χ2n) is 5.95. The molecule has 23 heavy (non-hydrogen) atoms. The predicted octanol–water partition coefficient (Wildman–Crippen LogP) is 1.62. The van der Waals surface area contributed by atoms with E-state index >= 15 is 0 Å². The van der Waals surface area contributed by atoms with Crippen LogP contribution in [0.5, 0.6) is 0 Å². The number of nitrogens with zero attached hydrogens (tertiary/aromatic N) is 1. The lowest BCUT2D eigenvalue weighted by Gasteiger charge is -2.17. The normalized spacial score (nSPS) is 17.0. The van der Waals surface area contributed by atoms with Crippen molar-refractivity contribution in [2.24, 2.45) is 11.7 Å². The second-order valence-corrected chi connectivity index (χ2v) is 5.95. The highest BCUT2D eigenvalue weighted by Gasteiger charge is 2.33. The third-order valence-corrected chi connectivity index (χ3v) is 4.01. The van der Waals surface area contributed by atoms with Gasteiger partial charge in [0.05, 0.1) is 5.92 Å². The molecule has 1 saturated heterocycles. The average Bonchev–Trinajstić information content (AvgIpc) is 2.87. The number of aryl methyl sites for hydroxylation is 1. The summed E-state index contributed by atoms with van der Waals surface area (Å²) in [5.41, 5.74) is 7.72. The number of nitrogens with one attached hydrogen (secondary N) is 1. The van der Waals surface area contributed by atoms with Gasteiger partial charge in [-0.1, -0.05) is 29.8 Å². The minimum atomic E-state index is -0.226. The molecule has 0 spiro atoms. The molecular weight excluding hydrogens is 314 g/mol. The van der Waals surface area contributed by atoms with E-state index in [1.165, 1.54) is 5.56 Å². The topological polar surface area (TPSA) is 75.4 Å². The number of amides is 2. The van der Waals surface area contributed by atoms with Crippen molar-refractivity contribution in [1.29, 1.82) is 0 Å². The molecule has 0 aromatic heterocycles. The van der Waals surface area contributed by atoms with Crippen molar-refractivity contribution in [1.82, 2.24) is 10.2 Å². The molecule has 6 heteroatoms. The molecule has 0 saturated carbocycles. The van der Waals surface area contributed by atoms with Gasteiger partial charge in [0.15, 0.2) is 0 Å². The average molecular weight is 340 g/mol. The molecule has 2 amide bonds. The van der Waals surface area contributed by atoms with Gasteiger partial charge in [0.25, 0.3) is 0 Å². The van der Waals surface area contributed by atoms with Crippen LogP contribution in [0.2, 0.25) is 0 Å². The summed E-state index contributed by atoms with van der Waals surface area (Å²) in [6, 6.07) is 8.14. The van der Waals surface area contributed by atoms with Crippen molar-refractivity contribution in [3.8, 4) is 0 Å². The van der Waals surface area contributed by atoms with Crippen LogP contribution < -0.4 is 11.1 Å². The van der Waals surface area contributed by atoms with Gasteiger partial charge in [-0.15, -0.1) is 12.4 Å². The molecule has 5 nitrogen and oxygen atoms in total. The van der Waals surface area contributed by atoms with Gasteiger partial charge in [0, 0.05) is 26.1 Å². The highest BCUT2D eigenvalue weighted by Crippen LogP contribution is 2.20. The molecule has 3 N–H and O–H groups in total. The lowest BCUT2D eigenvalue weighted by Crippen LogP contribution is -2.33. The molecule has 1 fully saturated rings. The van der Waals surface area contributed by atoms with Gasteiger partial charge in [0.1, 0.15) is 0 Å². The van der Waals surface area contributed by atoms with Crippen LogP contribution in [0.3, 0.4) is 0 Å². The Morgan fingerprint density at radius 2 is 2.00 bits per heavy atom. The van der Waals surface area contributed by atoms with Gasteiger partial charge in [0.2, 0.25) is 11.8 Å². The number of hydrogen-bond donors (Lipinski definition) is 2. The number of halogens is 1. The highest BCUT2D eigenvalue weighted by atomic mass is 35.5. The van der Waals surface area contributed by atoms with E-state index in [1.807, 2.05) is 31.2 Å². The summed E-state index contributed by atoms with van der Waals surface area (Å²) in [6.45, 7) is 4.40. The molecule has 1 atom stereocenters. The summed E-state index contributed by atoms with van der Waals surface area (Å²) in [5, 5.41) is 2.90. The number of carbonyl (C=O) groups excluding carboxylic acids is 2. The molecule has 128 valence electrons. The Bertz CT molecular complexity index is 519. The number of likely N-dealkylation sites (tertiary alicyclic amines) is 1. The predicted molar refractivity (Wildman–Crippen MR) is 93.2 cm³/mol. The van der Waals surface area contributed by atoms with E-state index in [9.17, 15) is 9.59 Å². The Kier molecular flexibility index (Phi) is 8.06. The molecule has 0 bridgehead atoms. The summed E-state index contributed by atoms with van der Waals surface area (Å²) in [7, 11) is 0. The standard InChI is InChI=1S/C17H25N3O2.ClH/c1-13-4-6-14(7-5-13)11-20-12-15(10-16(20)21)17(22)19-9-3-2-8-18;/h4-7,15H,2-3,8-12,18H2,1H3,(H,19,22);1H. The summed E-state index contributed by atoms with van der Waals surface area (Å²) in [5.74, 6) is -0.185. The maximum absolute atomic E-state index is 12.1. The number of carbonyl (C=O) groups is 2. The van der Waals surface area contributed by atoms with Crippen molar-refractivity contribution >= 4 is 24.2 Å². The van der Waals surface area contributed by atoms with Crippen LogP contribution in [-0.4, -0.2) is 36.3 Å². The Hall–Kier alpha value is -1.59. The quantitative estimate of drug-likeness (QED) is 0.741. The van der Waals surface area contributed by atoms with Gasteiger partial charge in [-0.25, -0.2) is 0 Å². The van der Waals surface area contributed by atoms with Crippen LogP contribution in [0, 0.1) is 12.8 Å². The Morgan fingerprint density at radius 3 is 2.65 bits per heavy atom. The zero-order valence-electron chi connectivity index (χ0n) is 13.6. The maximum Gasteiger partial charge on any atom is 0.225 e. The minimum absolute atomic E-state index is 0. The monoisotopic (exact) mass is 339 g/mol. The third-order valence-electron chi connectivity index (χ3n) is 4.01. The molecule has 1 aliphatic heterocycles. The number of hydrogen-bond acceptors (Lipinski definition) is 3. The van der Waals surface area contributed by atoms with Crippen LogP contribution in [0.25, 0.3) is 0 Å². The first-order chi connectivity index (χ1) is 10.6. The van der Waals surface area contributed by atoms with Crippen molar-refractivity contribution in [3.05, 3.63) is 35.4 Å². The zero-order chi connectivity index (χ0) is 15.9. The molecule has 2 rings (SSSR count). The van der Waals surface area contributed by atoms with Gasteiger partial charge in [-0.2, -0.15) is 0 Å². The number of benzene rings is 1. The van der Waals surface area contributed by atoms with E-state index < -0.39 is 0 Å². The molecular formula is C17H26ClN3O2. The fourth-order valence-corrected chi connectivity index (χ4v) is 2.64. The van der Waals surface area contributed by atoms with Gasteiger partial charge in [-0.3, -0.25) is 9.59 Å². The van der Waals surface area contributed by atoms with Crippen LogP contribution in [-0.2, 0) is 16.1 Å². The van der Waals surface area contributed by atoms with E-state index in [1.54, 1.807) is 4.90 Å². The molecule has 1 aromatic rings. The molecule has 1 aromatic carbocycles. The number of rotatable bonds is 7. The molecule has 1 heterocycles. The summed E-state index contributed by atoms with van der Waals surface area (Å²) < 4.78 is 0. The van der Waals surface area contributed by atoms with E-state index in [4.69, 9.17) is 5.73 Å². The van der Waals surface area contributed by atoms with Gasteiger partial charge in [-0.05, 0) is 31.9 Å². The second kappa shape index (κ2) is 9.53. The SMILES string of the molecule is Cc1ccc(CN2CC(C(=O)NCCCCN)CC2=O)cc1.Cl. The maximum atomic E-state index is 12.1. The molecule has 0 radical (unpaired) electrons. The van der Waals surface area contributed by atoms with E-state index in [-0.39, 0.29) is 30.1 Å². The first-order valence-corrected chi connectivity index (χ1v) is 7.91. The van der Waals surface area contributed by atoms with Gasteiger partial charge < -0.3 is 16.0 Å².